The largest absolute Gasteiger partial charge is 0.499 e. The molecule has 1 aliphatic rings. The molecule has 0 spiro atoms. The van der Waals surface area contributed by atoms with E-state index in [0.717, 1.165) is 23.4 Å². The van der Waals surface area contributed by atoms with Crippen LogP contribution in [0, 0.1) is 5.82 Å². The first-order valence-electron chi connectivity index (χ1n) is 12.2. The van der Waals surface area contributed by atoms with Crippen molar-refractivity contribution in [2.24, 2.45) is 10.1 Å². The highest BCUT2D eigenvalue weighted by Crippen LogP contribution is 2.22. The average Bonchev–Trinajstić information content (AvgIpc) is 2.88. The van der Waals surface area contributed by atoms with Gasteiger partial charge < -0.3 is 10.1 Å². The lowest BCUT2D eigenvalue weighted by molar-refractivity contribution is 0.248. The van der Waals surface area contributed by atoms with Gasteiger partial charge >= 0.3 is 0 Å². The van der Waals surface area contributed by atoms with Crippen LogP contribution in [0.4, 0.5) is 10.1 Å². The molecular weight excluding hydrogens is 451 g/mol. The molecular formula is C30H35FN4O. The van der Waals surface area contributed by atoms with Crippen molar-refractivity contribution in [1.29, 1.82) is 0 Å². The molecule has 0 amide bonds. The van der Waals surface area contributed by atoms with Crippen molar-refractivity contribution in [2.75, 3.05) is 25.5 Å². The molecule has 0 aliphatic carbocycles. The molecule has 0 bridgehead atoms. The summed E-state index contributed by atoms with van der Waals surface area (Å²) in [5.41, 5.74) is 5.24. The van der Waals surface area contributed by atoms with E-state index in [2.05, 4.69) is 59.8 Å². The van der Waals surface area contributed by atoms with Gasteiger partial charge in [0.2, 0.25) is 0 Å². The molecule has 2 aromatic carbocycles. The minimum absolute atomic E-state index is 0.310. The van der Waals surface area contributed by atoms with Gasteiger partial charge in [0.05, 0.1) is 31.8 Å². The predicted molar refractivity (Wildman–Crippen MR) is 150 cm³/mol. The zero-order chi connectivity index (χ0) is 25.9. The highest BCUT2D eigenvalue weighted by Gasteiger charge is 2.14. The number of allylic oxidation sites excluding steroid dienone is 3. The fourth-order valence-corrected chi connectivity index (χ4v) is 3.67. The van der Waals surface area contributed by atoms with E-state index in [4.69, 9.17) is 4.74 Å². The molecule has 3 rings (SSSR count). The number of nitrogens with zero attached hydrogens (tertiary/aromatic N) is 3. The molecule has 0 radical (unpaired) electrons. The second kappa shape index (κ2) is 13.2. The number of hydrogen-bond donors (Lipinski definition) is 1. The molecule has 36 heavy (non-hydrogen) atoms. The van der Waals surface area contributed by atoms with Crippen LogP contribution in [0.15, 0.2) is 101 Å². The zero-order valence-electron chi connectivity index (χ0n) is 21.4. The van der Waals surface area contributed by atoms with Crippen LogP contribution in [0.3, 0.4) is 0 Å². The summed E-state index contributed by atoms with van der Waals surface area (Å²) < 4.78 is 19.8. The monoisotopic (exact) mass is 486 g/mol. The quantitative estimate of drug-likeness (QED) is 0.150. The Kier molecular flexibility index (Phi) is 9.81. The first-order valence-corrected chi connectivity index (χ1v) is 12.2. The Bertz CT molecular complexity index is 1190. The highest BCUT2D eigenvalue weighted by molar-refractivity contribution is 6.00. The van der Waals surface area contributed by atoms with E-state index in [9.17, 15) is 4.39 Å². The van der Waals surface area contributed by atoms with Crippen LogP contribution in [-0.2, 0) is 4.74 Å². The Morgan fingerprint density at radius 1 is 1.17 bits per heavy atom. The summed E-state index contributed by atoms with van der Waals surface area (Å²) in [6.07, 6.45) is 8.94. The summed E-state index contributed by atoms with van der Waals surface area (Å²) in [7, 11) is 1.63. The normalized spacial score (nSPS) is 14.1. The lowest BCUT2D eigenvalue weighted by atomic mass is 10.1. The van der Waals surface area contributed by atoms with Crippen molar-refractivity contribution in [3.8, 4) is 0 Å². The summed E-state index contributed by atoms with van der Waals surface area (Å²) in [4.78, 5) is 4.60. The average molecular weight is 487 g/mol. The Labute approximate surface area is 214 Å². The highest BCUT2D eigenvalue weighted by atomic mass is 19.1. The number of anilines is 1. The van der Waals surface area contributed by atoms with E-state index >= 15 is 0 Å². The lowest BCUT2D eigenvalue weighted by Gasteiger charge is -2.21. The van der Waals surface area contributed by atoms with E-state index in [1.165, 1.54) is 25.3 Å². The third-order valence-electron chi connectivity index (χ3n) is 5.79. The van der Waals surface area contributed by atoms with Gasteiger partial charge in [-0.2, -0.15) is 5.10 Å². The van der Waals surface area contributed by atoms with Crippen LogP contribution in [0.25, 0.3) is 5.57 Å². The first kappa shape index (κ1) is 26.7. The molecule has 0 aromatic heterocycles. The van der Waals surface area contributed by atoms with Crippen LogP contribution in [0.2, 0.25) is 0 Å². The third-order valence-corrected chi connectivity index (χ3v) is 5.79. The number of halogens is 1. The van der Waals surface area contributed by atoms with E-state index in [-0.39, 0.29) is 5.82 Å². The van der Waals surface area contributed by atoms with Gasteiger partial charge in [-0.25, -0.2) is 4.39 Å². The molecule has 6 heteroatoms. The minimum atomic E-state index is -0.310. The number of ether oxygens (including phenoxy) is 1. The molecule has 188 valence electrons. The van der Waals surface area contributed by atoms with Gasteiger partial charge in [-0.3, -0.25) is 10.0 Å². The summed E-state index contributed by atoms with van der Waals surface area (Å²) in [6, 6.07) is 14.8. The number of unbranched alkanes of at least 4 members (excludes halogenated alkanes) is 2. The molecule has 1 aliphatic heterocycles. The molecule has 0 fully saturated rings. The van der Waals surface area contributed by atoms with Crippen molar-refractivity contribution in [3.63, 3.8) is 0 Å². The van der Waals surface area contributed by atoms with Crippen molar-refractivity contribution in [2.45, 2.75) is 33.1 Å². The number of nitrogens with one attached hydrogen (secondary N) is 1. The second-order valence-electron chi connectivity index (χ2n) is 8.61. The Morgan fingerprint density at radius 2 is 1.92 bits per heavy atom. The maximum Gasteiger partial charge on any atom is 0.132 e. The maximum atomic E-state index is 14.2. The molecule has 0 unspecified atom stereocenters. The molecule has 1 heterocycles. The molecule has 0 saturated carbocycles. The van der Waals surface area contributed by atoms with Gasteiger partial charge in [0.25, 0.3) is 0 Å². The van der Waals surface area contributed by atoms with Gasteiger partial charge in [-0.15, -0.1) is 0 Å². The summed E-state index contributed by atoms with van der Waals surface area (Å²) in [5.74, 6) is 0.381. The van der Waals surface area contributed by atoms with Crippen LogP contribution in [-0.4, -0.2) is 37.1 Å². The van der Waals surface area contributed by atoms with Gasteiger partial charge in [-0.05, 0) is 48.8 Å². The fraction of sp³-hybridized carbons (Fsp3) is 0.267. The number of methoxy groups -OCH3 is 1. The molecule has 1 N–H and O–H groups in total. The van der Waals surface area contributed by atoms with E-state index in [1.54, 1.807) is 49.7 Å². The summed E-state index contributed by atoms with van der Waals surface area (Å²) in [5, 5.41) is 9.57. The van der Waals surface area contributed by atoms with Gasteiger partial charge in [0.15, 0.2) is 0 Å². The SMILES string of the molecule is C=C1C=NN(C/C(=C/C(=C)c2ccc(NCCCCC)cc2)OC)C=C1N=C(C)c1ccccc1F. The lowest BCUT2D eigenvalue weighted by Crippen LogP contribution is -2.19. The van der Waals surface area contributed by atoms with Gasteiger partial charge in [0, 0.05) is 29.1 Å². The summed E-state index contributed by atoms with van der Waals surface area (Å²) in [6.45, 7) is 13.6. The molecule has 0 saturated heterocycles. The maximum absolute atomic E-state index is 14.2. The van der Waals surface area contributed by atoms with Crippen LogP contribution >= 0.6 is 0 Å². The van der Waals surface area contributed by atoms with Crippen molar-refractivity contribution in [3.05, 3.63) is 108 Å². The van der Waals surface area contributed by atoms with Crippen LogP contribution < -0.4 is 5.32 Å². The predicted octanol–water partition coefficient (Wildman–Crippen LogP) is 7.18. The first-order chi connectivity index (χ1) is 17.4. The van der Waals surface area contributed by atoms with Gasteiger partial charge in [-0.1, -0.05) is 63.3 Å². The molecule has 2 aromatic rings. The van der Waals surface area contributed by atoms with Crippen LogP contribution in [0.5, 0.6) is 0 Å². The van der Waals surface area contributed by atoms with Crippen LogP contribution in [0.1, 0.15) is 44.2 Å². The number of rotatable bonds is 12. The zero-order valence-corrected chi connectivity index (χ0v) is 21.4. The third kappa shape index (κ3) is 7.54. The number of hydrazone groups is 1. The smallest absolute Gasteiger partial charge is 0.132 e. The number of hydrogen-bond acceptors (Lipinski definition) is 5. The Balaban J connectivity index is 1.68. The van der Waals surface area contributed by atoms with Gasteiger partial charge in [0.1, 0.15) is 11.6 Å². The topological polar surface area (TPSA) is 49.2 Å². The molecule has 0 atom stereocenters. The van der Waals surface area contributed by atoms with E-state index in [0.29, 0.717) is 34.8 Å². The van der Waals surface area contributed by atoms with Crippen molar-refractivity contribution < 1.29 is 9.13 Å². The molecule has 5 nitrogen and oxygen atoms in total. The number of benzene rings is 2. The summed E-state index contributed by atoms with van der Waals surface area (Å²) >= 11 is 0. The standard InChI is InChI=1S/C30H35FN4O/c1-6-7-10-17-32-26-15-13-25(14-16-26)22(2)18-27(36-5)20-35-21-30(23(3)19-33-35)34-24(4)28-11-8-9-12-29(28)31/h8-9,11-16,18-19,21,32H,2-3,6-7,10,17,20H2,1,4-5H3/b27-18-,34-24?. The fourth-order valence-electron chi connectivity index (χ4n) is 3.67. The minimum Gasteiger partial charge on any atom is -0.499 e. The van der Waals surface area contributed by atoms with E-state index < -0.39 is 0 Å². The Hall–Kier alpha value is -3.93. The number of aliphatic imine (C=N–C) groups is 1. The van der Waals surface area contributed by atoms with E-state index in [1.807, 2.05) is 6.08 Å². The van der Waals surface area contributed by atoms with Crippen molar-refractivity contribution >= 4 is 23.2 Å². The second-order valence-corrected chi connectivity index (χ2v) is 8.61. The Morgan fingerprint density at radius 3 is 2.61 bits per heavy atom. The van der Waals surface area contributed by atoms with Crippen molar-refractivity contribution in [1.82, 2.24) is 5.01 Å².